The fraction of sp³-hybridized carbons (Fsp3) is 0.375. The number of ketones is 1. The molecule has 2 saturated heterocycles. The quantitative estimate of drug-likeness (QED) is 0.529. The first-order chi connectivity index (χ1) is 17.2. The minimum Gasteiger partial charge on any atom is -0.444 e. The van der Waals surface area contributed by atoms with Crippen LogP contribution < -0.4 is 9.80 Å². The number of cyclic esters (lactones) is 1. The fourth-order valence-corrected chi connectivity index (χ4v) is 4.06. The molecule has 1 atom stereocenters. The number of halogens is 4. The largest absolute Gasteiger partial charge is 0.444 e. The van der Waals surface area contributed by atoms with Crippen LogP contribution in [0.15, 0.2) is 42.5 Å². The molecule has 0 N–H and O–H groups in total. The second kappa shape index (κ2) is 10.9. The number of amides is 2. The Hall–Kier alpha value is -3.67. The van der Waals surface area contributed by atoms with Gasteiger partial charge >= 0.3 is 6.09 Å². The lowest BCUT2D eigenvalue weighted by atomic mass is 10.1. The molecule has 2 aromatic rings. The van der Waals surface area contributed by atoms with Gasteiger partial charge in [0, 0.05) is 37.2 Å². The van der Waals surface area contributed by atoms with Crippen molar-refractivity contribution in [3.8, 4) is 0 Å². The number of anilines is 2. The van der Waals surface area contributed by atoms with E-state index in [4.69, 9.17) is 9.57 Å². The molecule has 2 aliphatic rings. The summed E-state index contributed by atoms with van der Waals surface area (Å²) < 4.78 is 59.9. The Morgan fingerprint density at radius 3 is 2.39 bits per heavy atom. The zero-order valence-electron chi connectivity index (χ0n) is 19.0. The standard InChI is InChI=1S/C24H23F4N3O5/c25-18-12-16(30-14-17(36-24(30)34)6-7-20(32)22(27)28)13-19(26)21(18)29-8-9-31(35-11-10-29)23(33)15-4-2-1-3-5-15/h1-5,12-13,17,22H,6-11,14H2/t17-/m0/s1. The van der Waals surface area contributed by atoms with Crippen LogP contribution in [0.2, 0.25) is 0 Å². The molecule has 36 heavy (non-hydrogen) atoms. The first-order valence-electron chi connectivity index (χ1n) is 11.3. The summed E-state index contributed by atoms with van der Waals surface area (Å²) in [6.07, 6.45) is -5.47. The van der Waals surface area contributed by atoms with E-state index in [-0.39, 0.29) is 56.5 Å². The number of rotatable bonds is 7. The highest BCUT2D eigenvalue weighted by Gasteiger charge is 2.34. The van der Waals surface area contributed by atoms with Gasteiger partial charge in [0.05, 0.1) is 25.4 Å². The smallest absolute Gasteiger partial charge is 0.414 e. The lowest BCUT2D eigenvalue weighted by molar-refractivity contribution is -0.129. The number of nitrogens with zero attached hydrogens (tertiary/aromatic N) is 3. The summed E-state index contributed by atoms with van der Waals surface area (Å²) in [6, 6.07) is 10.4. The lowest BCUT2D eigenvalue weighted by Crippen LogP contribution is -2.35. The summed E-state index contributed by atoms with van der Waals surface area (Å²) in [4.78, 5) is 43.8. The molecular formula is C24H23F4N3O5. The van der Waals surface area contributed by atoms with Crippen LogP contribution in [0.5, 0.6) is 0 Å². The highest BCUT2D eigenvalue weighted by atomic mass is 19.3. The normalized spacial score (nSPS) is 18.4. The number of hydroxylamine groups is 2. The van der Waals surface area contributed by atoms with Crippen molar-refractivity contribution >= 4 is 29.2 Å². The molecule has 2 heterocycles. The Morgan fingerprint density at radius 1 is 1.03 bits per heavy atom. The van der Waals surface area contributed by atoms with Gasteiger partial charge in [0.15, 0.2) is 17.4 Å². The van der Waals surface area contributed by atoms with Crippen LogP contribution in [0, 0.1) is 11.6 Å². The second-order valence-corrected chi connectivity index (χ2v) is 8.27. The first kappa shape index (κ1) is 25.4. The Morgan fingerprint density at radius 2 is 1.72 bits per heavy atom. The predicted molar refractivity (Wildman–Crippen MR) is 120 cm³/mol. The van der Waals surface area contributed by atoms with Crippen molar-refractivity contribution in [3.63, 3.8) is 0 Å². The average Bonchev–Trinajstić information content (AvgIpc) is 3.06. The maximum Gasteiger partial charge on any atom is 0.414 e. The van der Waals surface area contributed by atoms with E-state index in [0.29, 0.717) is 5.56 Å². The first-order valence-corrected chi connectivity index (χ1v) is 11.3. The highest BCUT2D eigenvalue weighted by Crippen LogP contribution is 2.32. The van der Waals surface area contributed by atoms with Gasteiger partial charge in [-0.05, 0) is 18.6 Å². The number of hydrogen-bond acceptors (Lipinski definition) is 6. The third-order valence-corrected chi connectivity index (χ3v) is 5.89. The molecular weight excluding hydrogens is 486 g/mol. The number of ether oxygens (including phenoxy) is 1. The van der Waals surface area contributed by atoms with Crippen molar-refractivity contribution in [1.29, 1.82) is 0 Å². The molecule has 0 unspecified atom stereocenters. The minimum atomic E-state index is -3.11. The van der Waals surface area contributed by atoms with Gasteiger partial charge in [-0.2, -0.15) is 0 Å². The predicted octanol–water partition coefficient (Wildman–Crippen LogP) is 3.80. The van der Waals surface area contributed by atoms with Crippen LogP contribution >= 0.6 is 0 Å². The van der Waals surface area contributed by atoms with Crippen LogP contribution in [-0.4, -0.2) is 68.2 Å². The molecule has 192 valence electrons. The van der Waals surface area contributed by atoms with Crippen molar-refractivity contribution in [2.75, 3.05) is 42.6 Å². The van der Waals surface area contributed by atoms with Crippen molar-refractivity contribution in [1.82, 2.24) is 5.06 Å². The molecule has 2 aromatic carbocycles. The third-order valence-electron chi connectivity index (χ3n) is 5.89. The average molecular weight is 509 g/mol. The van der Waals surface area contributed by atoms with Gasteiger partial charge in [0.25, 0.3) is 12.3 Å². The van der Waals surface area contributed by atoms with Crippen molar-refractivity contribution in [3.05, 3.63) is 59.7 Å². The number of alkyl halides is 2. The molecule has 0 spiro atoms. The topological polar surface area (TPSA) is 79.4 Å². The Labute approximate surface area is 203 Å². The molecule has 8 nitrogen and oxygen atoms in total. The maximum absolute atomic E-state index is 15.1. The molecule has 0 bridgehead atoms. The van der Waals surface area contributed by atoms with E-state index >= 15 is 8.78 Å². The monoisotopic (exact) mass is 509 g/mol. The molecule has 2 fully saturated rings. The van der Waals surface area contributed by atoms with E-state index in [9.17, 15) is 23.2 Å². The second-order valence-electron chi connectivity index (χ2n) is 8.27. The SMILES string of the molecule is O=C(CC[C@H]1CN(c2cc(F)c(N3CCON(C(=O)c4ccccc4)CC3)c(F)c2)C(=O)O1)C(F)F. The maximum atomic E-state index is 15.1. The summed E-state index contributed by atoms with van der Waals surface area (Å²) in [5.74, 6) is -3.50. The molecule has 4 rings (SSSR count). The van der Waals surface area contributed by atoms with Crippen molar-refractivity contribution in [2.45, 2.75) is 25.4 Å². The summed E-state index contributed by atoms with van der Waals surface area (Å²) >= 11 is 0. The zero-order chi connectivity index (χ0) is 25.8. The van der Waals surface area contributed by atoms with Crippen molar-refractivity contribution in [2.24, 2.45) is 0 Å². The molecule has 12 heteroatoms. The molecule has 0 saturated carbocycles. The Kier molecular flexibility index (Phi) is 7.73. The Balaban J connectivity index is 1.43. The summed E-state index contributed by atoms with van der Waals surface area (Å²) in [5, 5.41) is 1.15. The fourth-order valence-electron chi connectivity index (χ4n) is 4.06. The van der Waals surface area contributed by atoms with Gasteiger partial charge < -0.3 is 9.64 Å². The molecule has 2 aliphatic heterocycles. The van der Waals surface area contributed by atoms with Crippen LogP contribution in [0.4, 0.5) is 33.7 Å². The van der Waals surface area contributed by atoms with E-state index in [2.05, 4.69) is 0 Å². The van der Waals surface area contributed by atoms with E-state index in [1.54, 1.807) is 30.3 Å². The van der Waals surface area contributed by atoms with Gasteiger partial charge in [-0.1, -0.05) is 18.2 Å². The van der Waals surface area contributed by atoms with Gasteiger partial charge in [0.1, 0.15) is 11.8 Å². The number of hydrogen-bond donors (Lipinski definition) is 0. The van der Waals surface area contributed by atoms with Crippen LogP contribution in [0.1, 0.15) is 23.2 Å². The number of Topliss-reactive ketones (excluding diaryl/α,β-unsaturated/α-hetero) is 1. The Bertz CT molecular complexity index is 1110. The molecule has 0 aliphatic carbocycles. The lowest BCUT2D eigenvalue weighted by Gasteiger charge is -2.24. The molecule has 0 aromatic heterocycles. The summed E-state index contributed by atoms with van der Waals surface area (Å²) in [5.41, 5.74) is -0.0153. The van der Waals surface area contributed by atoms with E-state index in [1.807, 2.05) is 0 Å². The van der Waals surface area contributed by atoms with Crippen LogP contribution in [-0.2, 0) is 14.4 Å². The third kappa shape index (κ3) is 5.59. The number of benzene rings is 2. The molecule has 0 radical (unpaired) electrons. The number of carbonyl (C=O) groups excluding carboxylic acids is 3. The van der Waals surface area contributed by atoms with Gasteiger partial charge in [-0.3, -0.25) is 19.3 Å². The zero-order valence-corrected chi connectivity index (χ0v) is 19.0. The van der Waals surface area contributed by atoms with Gasteiger partial charge in [0.2, 0.25) is 0 Å². The highest BCUT2D eigenvalue weighted by molar-refractivity contribution is 5.93. The van der Waals surface area contributed by atoms with Crippen LogP contribution in [0.3, 0.4) is 0 Å². The van der Waals surface area contributed by atoms with Crippen molar-refractivity contribution < 1.29 is 41.5 Å². The van der Waals surface area contributed by atoms with E-state index in [1.165, 1.54) is 4.90 Å². The van der Waals surface area contributed by atoms with E-state index < -0.39 is 42.5 Å². The summed E-state index contributed by atoms with van der Waals surface area (Å²) in [7, 11) is 0. The minimum absolute atomic E-state index is 0.0106. The van der Waals surface area contributed by atoms with Crippen LogP contribution in [0.25, 0.3) is 0 Å². The number of carbonyl (C=O) groups is 3. The van der Waals surface area contributed by atoms with Gasteiger partial charge in [-0.25, -0.2) is 27.4 Å². The summed E-state index contributed by atoms with van der Waals surface area (Å²) in [6.45, 7) is 0.139. The van der Waals surface area contributed by atoms with E-state index in [0.717, 1.165) is 22.1 Å². The van der Waals surface area contributed by atoms with Gasteiger partial charge in [-0.15, -0.1) is 0 Å². The molecule has 2 amide bonds.